The van der Waals surface area contributed by atoms with Crippen molar-refractivity contribution in [2.75, 3.05) is 27.9 Å². The summed E-state index contributed by atoms with van der Waals surface area (Å²) >= 11 is 0. The van der Waals surface area contributed by atoms with Crippen molar-refractivity contribution in [2.45, 2.75) is 44.6 Å². The van der Waals surface area contributed by atoms with Crippen molar-refractivity contribution >= 4 is 27.9 Å². The lowest BCUT2D eigenvalue weighted by atomic mass is 9.89. The van der Waals surface area contributed by atoms with E-state index < -0.39 is 33.9 Å². The predicted molar refractivity (Wildman–Crippen MR) is 129 cm³/mol. The second-order valence-corrected chi connectivity index (χ2v) is 10.4. The van der Waals surface area contributed by atoms with Crippen molar-refractivity contribution in [3.8, 4) is 0 Å². The van der Waals surface area contributed by atoms with Gasteiger partial charge >= 0.3 is 17.9 Å². The fourth-order valence-electron chi connectivity index (χ4n) is 4.03. The van der Waals surface area contributed by atoms with Gasteiger partial charge in [0, 0.05) is 12.5 Å². The van der Waals surface area contributed by atoms with Crippen molar-refractivity contribution in [1.29, 1.82) is 0 Å². The molecule has 9 nitrogen and oxygen atoms in total. The summed E-state index contributed by atoms with van der Waals surface area (Å²) in [5, 5.41) is 0. The molecule has 35 heavy (non-hydrogen) atoms. The summed E-state index contributed by atoms with van der Waals surface area (Å²) in [4.78, 5) is 36.8. The second kappa shape index (κ2) is 12.1. The van der Waals surface area contributed by atoms with E-state index >= 15 is 0 Å². The van der Waals surface area contributed by atoms with E-state index in [1.165, 1.54) is 33.5 Å². The molecule has 0 amide bonds. The van der Waals surface area contributed by atoms with Gasteiger partial charge in [0.25, 0.3) is 0 Å². The standard InChI is InChI=1S/C25H33NO8S/c1-16-10-12-19(13-11-16)35(30,31)26-15-21(17(2)8-7-9-18(3)24(28)33-5)20(14-22(27)32-4)23(26)25(29)34-6/h7-8,10-13,18,20,23H,9,14-15H2,1-6H3/b8-7+,21-17-/t18-,20+,23+/m1/s1. The van der Waals surface area contributed by atoms with Crippen LogP contribution in [0.15, 0.2) is 52.5 Å². The van der Waals surface area contributed by atoms with Crippen LogP contribution in [0, 0.1) is 18.8 Å². The van der Waals surface area contributed by atoms with Crippen LogP contribution in [0.4, 0.5) is 0 Å². The first-order valence-corrected chi connectivity index (χ1v) is 12.6. The number of carbonyl (C=O) groups is 3. The summed E-state index contributed by atoms with van der Waals surface area (Å²) in [6.45, 7) is 5.25. The summed E-state index contributed by atoms with van der Waals surface area (Å²) in [5.41, 5.74) is 2.18. The number of methoxy groups -OCH3 is 3. The van der Waals surface area contributed by atoms with Crippen LogP contribution in [0.3, 0.4) is 0 Å². The van der Waals surface area contributed by atoms with Gasteiger partial charge in [0.05, 0.1) is 38.6 Å². The maximum absolute atomic E-state index is 13.6. The zero-order valence-corrected chi connectivity index (χ0v) is 21.8. The number of sulfonamides is 1. The quantitative estimate of drug-likeness (QED) is 0.370. The summed E-state index contributed by atoms with van der Waals surface area (Å²) in [6.07, 6.45) is 3.75. The number of hydrogen-bond acceptors (Lipinski definition) is 8. The maximum Gasteiger partial charge on any atom is 0.324 e. The third-order valence-corrected chi connectivity index (χ3v) is 7.96. The number of ether oxygens (including phenoxy) is 3. The number of nitrogens with zero attached hydrogens (tertiary/aromatic N) is 1. The maximum atomic E-state index is 13.6. The van der Waals surface area contributed by atoms with Gasteiger partial charge in [-0.05, 0) is 38.0 Å². The predicted octanol–water partition coefficient (Wildman–Crippen LogP) is 2.79. The van der Waals surface area contributed by atoms with Gasteiger partial charge < -0.3 is 14.2 Å². The Morgan fingerprint density at radius 2 is 1.71 bits per heavy atom. The smallest absolute Gasteiger partial charge is 0.324 e. The van der Waals surface area contributed by atoms with Gasteiger partial charge in [0.2, 0.25) is 10.0 Å². The zero-order chi connectivity index (χ0) is 26.3. The average Bonchev–Trinajstić information content (AvgIpc) is 3.22. The molecule has 0 unspecified atom stereocenters. The molecule has 1 aliphatic rings. The largest absolute Gasteiger partial charge is 0.469 e. The van der Waals surface area contributed by atoms with Crippen LogP contribution in [0.2, 0.25) is 0 Å². The van der Waals surface area contributed by atoms with Gasteiger partial charge in [-0.15, -0.1) is 0 Å². The van der Waals surface area contributed by atoms with Crippen molar-refractivity contribution < 1.29 is 37.0 Å². The van der Waals surface area contributed by atoms with Gasteiger partial charge in [-0.25, -0.2) is 8.42 Å². The van der Waals surface area contributed by atoms with E-state index in [1.807, 2.05) is 6.92 Å². The molecule has 1 heterocycles. The Morgan fingerprint density at radius 3 is 2.26 bits per heavy atom. The first-order chi connectivity index (χ1) is 16.5. The summed E-state index contributed by atoms with van der Waals surface area (Å²) in [5.74, 6) is -2.82. The summed E-state index contributed by atoms with van der Waals surface area (Å²) < 4.78 is 42.7. The van der Waals surface area contributed by atoms with E-state index in [0.717, 1.165) is 9.87 Å². The Balaban J connectivity index is 2.55. The molecule has 1 aromatic rings. The lowest BCUT2D eigenvalue weighted by Gasteiger charge is -2.25. The molecule has 10 heteroatoms. The molecule has 0 N–H and O–H groups in total. The van der Waals surface area contributed by atoms with Crippen LogP contribution in [-0.4, -0.2) is 64.5 Å². The molecule has 3 atom stereocenters. The second-order valence-electron chi connectivity index (χ2n) is 8.49. The van der Waals surface area contributed by atoms with Crippen molar-refractivity contribution in [2.24, 2.45) is 11.8 Å². The van der Waals surface area contributed by atoms with Crippen molar-refractivity contribution in [1.82, 2.24) is 4.31 Å². The summed E-state index contributed by atoms with van der Waals surface area (Å²) in [7, 11) is -0.359. The molecule has 1 saturated heterocycles. The van der Waals surface area contributed by atoms with Crippen LogP contribution in [0.5, 0.6) is 0 Å². The molecule has 1 aliphatic heterocycles. The monoisotopic (exact) mass is 507 g/mol. The Kier molecular flexibility index (Phi) is 9.79. The summed E-state index contributed by atoms with van der Waals surface area (Å²) in [6, 6.07) is 5.08. The minimum absolute atomic E-state index is 0.0372. The average molecular weight is 508 g/mol. The fraction of sp³-hybridized carbons (Fsp3) is 0.480. The van der Waals surface area contributed by atoms with Gasteiger partial charge in [0.1, 0.15) is 6.04 Å². The van der Waals surface area contributed by atoms with Gasteiger partial charge in [-0.3, -0.25) is 14.4 Å². The third-order valence-electron chi connectivity index (χ3n) is 6.12. The van der Waals surface area contributed by atoms with E-state index in [1.54, 1.807) is 38.1 Å². The molecule has 1 fully saturated rings. The molecule has 0 aromatic heterocycles. The fourth-order valence-corrected chi connectivity index (χ4v) is 5.62. The molecular formula is C25H33NO8S. The van der Waals surface area contributed by atoms with E-state index in [2.05, 4.69) is 0 Å². The molecule has 1 aromatic carbocycles. The molecule has 0 spiro atoms. The Labute approximate surface area is 206 Å². The van der Waals surface area contributed by atoms with Crippen molar-refractivity contribution in [3.63, 3.8) is 0 Å². The SMILES string of the molecule is COC(=O)C[C@H]1/C(=C(C)\C=C\C[C@@H](C)C(=O)OC)CN(S(=O)(=O)c2ccc(C)cc2)[C@@H]1C(=O)OC. The first-order valence-electron chi connectivity index (χ1n) is 11.1. The highest BCUT2D eigenvalue weighted by Crippen LogP contribution is 2.39. The van der Waals surface area contributed by atoms with E-state index in [0.29, 0.717) is 17.6 Å². The number of esters is 3. The van der Waals surface area contributed by atoms with Crippen LogP contribution >= 0.6 is 0 Å². The lowest BCUT2D eigenvalue weighted by molar-refractivity contribution is -0.147. The molecule has 0 saturated carbocycles. The third kappa shape index (κ3) is 6.58. The van der Waals surface area contributed by atoms with Crippen LogP contribution in [0.25, 0.3) is 0 Å². The molecule has 0 radical (unpaired) electrons. The molecule has 0 aliphatic carbocycles. The highest BCUT2D eigenvalue weighted by atomic mass is 32.2. The van der Waals surface area contributed by atoms with Gasteiger partial charge in [-0.2, -0.15) is 4.31 Å². The van der Waals surface area contributed by atoms with Crippen LogP contribution < -0.4 is 0 Å². The molecule has 192 valence electrons. The Hall–Kier alpha value is -2.98. The van der Waals surface area contributed by atoms with E-state index in [9.17, 15) is 22.8 Å². The minimum atomic E-state index is -4.09. The van der Waals surface area contributed by atoms with Crippen LogP contribution in [0.1, 0.15) is 32.3 Å². The highest BCUT2D eigenvalue weighted by molar-refractivity contribution is 7.89. The Bertz CT molecular complexity index is 1100. The number of rotatable bonds is 9. The molecule has 0 bridgehead atoms. The van der Waals surface area contributed by atoms with E-state index in [-0.39, 0.29) is 29.7 Å². The zero-order valence-electron chi connectivity index (χ0n) is 20.9. The van der Waals surface area contributed by atoms with Crippen molar-refractivity contribution in [3.05, 3.63) is 53.1 Å². The Morgan fingerprint density at radius 1 is 1.09 bits per heavy atom. The number of hydrogen-bond donors (Lipinski definition) is 0. The minimum Gasteiger partial charge on any atom is -0.469 e. The number of carbonyl (C=O) groups excluding carboxylic acids is 3. The molecular weight excluding hydrogens is 474 g/mol. The van der Waals surface area contributed by atoms with Crippen LogP contribution in [-0.2, 0) is 38.6 Å². The number of allylic oxidation sites excluding steroid dienone is 3. The number of benzene rings is 1. The number of aryl methyl sites for hydroxylation is 1. The highest BCUT2D eigenvalue weighted by Gasteiger charge is 2.50. The van der Waals surface area contributed by atoms with Gasteiger partial charge in [0.15, 0.2) is 0 Å². The molecule has 2 rings (SSSR count). The normalized spacial score (nSPS) is 21.0. The lowest BCUT2D eigenvalue weighted by Crippen LogP contribution is -2.44. The first kappa shape index (κ1) is 28.3. The van der Waals surface area contributed by atoms with Gasteiger partial charge in [-0.1, -0.05) is 42.3 Å². The van der Waals surface area contributed by atoms with E-state index in [4.69, 9.17) is 14.2 Å². The topological polar surface area (TPSA) is 116 Å².